The fourth-order valence-electron chi connectivity index (χ4n) is 2.48. The summed E-state index contributed by atoms with van der Waals surface area (Å²) >= 11 is 0. The van der Waals surface area contributed by atoms with Gasteiger partial charge in [-0.15, -0.1) is 0 Å². The summed E-state index contributed by atoms with van der Waals surface area (Å²) in [6, 6.07) is 4.95. The molecule has 0 fully saturated rings. The number of aryl methyl sites for hydroxylation is 1. The highest BCUT2D eigenvalue weighted by atomic mass is 16.5. The molecule has 5 heteroatoms. The molecule has 1 aromatic rings. The predicted molar refractivity (Wildman–Crippen MR) is 89.5 cm³/mol. The summed E-state index contributed by atoms with van der Waals surface area (Å²) in [4.78, 5) is 15.5. The van der Waals surface area contributed by atoms with Gasteiger partial charge in [-0.1, -0.05) is 25.5 Å². The number of carboxylic acid groups (broad SMARTS) is 1. The molecule has 0 aromatic heterocycles. The first-order chi connectivity index (χ1) is 11.1. The average molecular weight is 315 g/mol. The normalized spacial score (nSPS) is 15.0. The summed E-state index contributed by atoms with van der Waals surface area (Å²) < 4.78 is 5.15. The number of aromatic carboxylic acids is 1. The van der Waals surface area contributed by atoms with Crippen molar-refractivity contribution < 1.29 is 19.7 Å². The molecule has 2 N–H and O–H groups in total. The molecule has 0 radical (unpaired) electrons. The number of benzene rings is 1. The number of allylic oxidation sites excluding steroid dienone is 3. The fourth-order valence-corrected chi connectivity index (χ4v) is 2.48. The Hall–Kier alpha value is -2.56. The molecule has 0 aliphatic heterocycles. The number of carbonyl (C=O) groups is 1. The first-order valence-electron chi connectivity index (χ1n) is 7.63. The van der Waals surface area contributed by atoms with Crippen LogP contribution >= 0.6 is 0 Å². The van der Waals surface area contributed by atoms with Crippen LogP contribution in [-0.4, -0.2) is 29.5 Å². The number of aliphatic imine (C=N–C) groups is 1. The second-order valence-electron chi connectivity index (χ2n) is 5.33. The maximum absolute atomic E-state index is 11.1. The van der Waals surface area contributed by atoms with E-state index in [2.05, 4.69) is 11.9 Å². The monoisotopic (exact) mass is 315 g/mol. The van der Waals surface area contributed by atoms with E-state index in [4.69, 9.17) is 9.84 Å². The van der Waals surface area contributed by atoms with Gasteiger partial charge >= 0.3 is 5.97 Å². The van der Waals surface area contributed by atoms with Gasteiger partial charge in [0, 0.05) is 18.2 Å². The van der Waals surface area contributed by atoms with E-state index in [-0.39, 0.29) is 11.3 Å². The van der Waals surface area contributed by atoms with E-state index in [9.17, 15) is 9.90 Å². The third-order valence-electron chi connectivity index (χ3n) is 3.71. The van der Waals surface area contributed by atoms with Gasteiger partial charge in [0.15, 0.2) is 5.76 Å². The van der Waals surface area contributed by atoms with Crippen LogP contribution in [0.15, 0.2) is 46.4 Å². The van der Waals surface area contributed by atoms with Crippen LogP contribution in [0.5, 0.6) is 0 Å². The number of ether oxygens (including phenoxy) is 1. The van der Waals surface area contributed by atoms with Crippen molar-refractivity contribution in [1.29, 1.82) is 0 Å². The summed E-state index contributed by atoms with van der Waals surface area (Å²) in [5, 5.41) is 19.3. The second-order valence-corrected chi connectivity index (χ2v) is 5.33. The first-order valence-corrected chi connectivity index (χ1v) is 7.63. The fraction of sp³-hybridized carbons (Fsp3) is 0.333. The van der Waals surface area contributed by atoms with Crippen molar-refractivity contribution in [2.75, 3.05) is 7.11 Å². The minimum atomic E-state index is -0.981. The molecule has 1 aliphatic carbocycles. The Morgan fingerprint density at radius 3 is 2.87 bits per heavy atom. The summed E-state index contributed by atoms with van der Waals surface area (Å²) in [6.07, 6.45) is 6.64. The molecular weight excluding hydrogens is 294 g/mol. The number of methoxy groups -OCH3 is 1. The highest BCUT2D eigenvalue weighted by Crippen LogP contribution is 2.26. The predicted octanol–water partition coefficient (Wildman–Crippen LogP) is 4.18. The lowest BCUT2D eigenvalue weighted by Gasteiger charge is -2.14. The maximum Gasteiger partial charge on any atom is 0.335 e. The molecular formula is C18H21NO4. The number of carboxylic acids is 1. The molecule has 1 aliphatic rings. The van der Waals surface area contributed by atoms with E-state index >= 15 is 0 Å². The summed E-state index contributed by atoms with van der Waals surface area (Å²) in [6.45, 7) is 2.06. The lowest BCUT2D eigenvalue weighted by atomic mass is 10.0. The Kier molecular flexibility index (Phi) is 5.57. The molecule has 0 saturated heterocycles. The van der Waals surface area contributed by atoms with E-state index in [1.165, 1.54) is 7.11 Å². The van der Waals surface area contributed by atoms with Gasteiger partial charge in [0.05, 0.1) is 18.4 Å². The SMILES string of the molecule is CCCc1ccc(C(=O)O)cc1N=CC1=CCCC(OC)=C1O. The van der Waals surface area contributed by atoms with Crippen molar-refractivity contribution in [2.45, 2.75) is 32.6 Å². The Balaban J connectivity index is 2.34. The van der Waals surface area contributed by atoms with E-state index in [1.54, 1.807) is 24.4 Å². The van der Waals surface area contributed by atoms with Crippen LogP contribution in [-0.2, 0) is 11.2 Å². The van der Waals surface area contributed by atoms with E-state index in [0.29, 0.717) is 23.4 Å². The van der Waals surface area contributed by atoms with Gasteiger partial charge in [0.1, 0.15) is 5.76 Å². The Morgan fingerprint density at radius 2 is 2.22 bits per heavy atom. The Labute approximate surface area is 135 Å². The molecule has 0 unspecified atom stereocenters. The van der Waals surface area contributed by atoms with Gasteiger partial charge in [-0.3, -0.25) is 4.99 Å². The summed E-state index contributed by atoms with van der Waals surface area (Å²) in [7, 11) is 1.53. The molecule has 0 spiro atoms. The quantitative estimate of drug-likeness (QED) is 0.772. The van der Waals surface area contributed by atoms with Crippen LogP contribution in [0.1, 0.15) is 42.1 Å². The molecule has 23 heavy (non-hydrogen) atoms. The summed E-state index contributed by atoms with van der Waals surface area (Å²) in [5.74, 6) is -0.346. The van der Waals surface area contributed by atoms with Gasteiger partial charge in [0.25, 0.3) is 0 Å². The smallest absolute Gasteiger partial charge is 0.335 e. The highest BCUT2D eigenvalue weighted by Gasteiger charge is 2.14. The van der Waals surface area contributed by atoms with Crippen molar-refractivity contribution in [3.05, 3.63) is 52.5 Å². The van der Waals surface area contributed by atoms with Crippen LogP contribution in [0, 0.1) is 0 Å². The lowest BCUT2D eigenvalue weighted by Crippen LogP contribution is -2.04. The van der Waals surface area contributed by atoms with Crippen LogP contribution in [0.25, 0.3) is 0 Å². The van der Waals surface area contributed by atoms with Gasteiger partial charge in [0.2, 0.25) is 0 Å². The zero-order valence-corrected chi connectivity index (χ0v) is 13.4. The molecule has 1 aromatic carbocycles. The molecule has 0 bridgehead atoms. The lowest BCUT2D eigenvalue weighted by molar-refractivity contribution is 0.0697. The van der Waals surface area contributed by atoms with Crippen molar-refractivity contribution in [1.82, 2.24) is 0 Å². The molecule has 0 atom stereocenters. The Morgan fingerprint density at radius 1 is 1.43 bits per heavy atom. The first kappa shape index (κ1) is 16.8. The van der Waals surface area contributed by atoms with Gasteiger partial charge in [-0.2, -0.15) is 0 Å². The Bertz CT molecular complexity index is 686. The highest BCUT2D eigenvalue weighted by molar-refractivity contribution is 5.90. The number of rotatable bonds is 6. The second kappa shape index (κ2) is 7.63. The number of aliphatic hydroxyl groups is 1. The van der Waals surface area contributed by atoms with Gasteiger partial charge < -0.3 is 14.9 Å². The minimum Gasteiger partial charge on any atom is -0.504 e. The minimum absolute atomic E-state index is 0.0916. The molecule has 0 saturated carbocycles. The summed E-state index contributed by atoms with van der Waals surface area (Å²) in [5.41, 5.74) is 2.40. The van der Waals surface area contributed by atoms with Crippen LogP contribution in [0.2, 0.25) is 0 Å². The largest absolute Gasteiger partial charge is 0.504 e. The van der Waals surface area contributed by atoms with Gasteiger partial charge in [-0.05, 0) is 30.5 Å². The van der Waals surface area contributed by atoms with Gasteiger partial charge in [-0.25, -0.2) is 4.79 Å². The molecule has 5 nitrogen and oxygen atoms in total. The maximum atomic E-state index is 11.1. The topological polar surface area (TPSA) is 79.1 Å². The zero-order valence-electron chi connectivity index (χ0n) is 13.4. The number of nitrogens with zero attached hydrogens (tertiary/aromatic N) is 1. The third-order valence-corrected chi connectivity index (χ3v) is 3.71. The number of aliphatic hydroxyl groups excluding tert-OH is 1. The van der Waals surface area contributed by atoms with Crippen molar-refractivity contribution >= 4 is 17.9 Å². The average Bonchev–Trinajstić information content (AvgIpc) is 2.55. The van der Waals surface area contributed by atoms with Crippen molar-refractivity contribution in [3.63, 3.8) is 0 Å². The van der Waals surface area contributed by atoms with Crippen LogP contribution in [0.4, 0.5) is 5.69 Å². The number of hydrogen-bond donors (Lipinski definition) is 2. The van der Waals surface area contributed by atoms with E-state index in [1.807, 2.05) is 6.08 Å². The van der Waals surface area contributed by atoms with Crippen molar-refractivity contribution in [2.24, 2.45) is 4.99 Å². The molecule has 0 heterocycles. The van der Waals surface area contributed by atoms with E-state index in [0.717, 1.165) is 24.8 Å². The molecule has 122 valence electrons. The van der Waals surface area contributed by atoms with Crippen LogP contribution < -0.4 is 0 Å². The van der Waals surface area contributed by atoms with Crippen LogP contribution in [0.3, 0.4) is 0 Å². The van der Waals surface area contributed by atoms with Crippen molar-refractivity contribution in [3.8, 4) is 0 Å². The third kappa shape index (κ3) is 4.00. The van der Waals surface area contributed by atoms with E-state index < -0.39 is 5.97 Å². The standard InChI is InChI=1S/C18H21NO4/c1-3-5-12-8-9-13(18(21)22)10-15(12)19-11-14-6-4-7-16(23-2)17(14)20/h6,8-11,20H,3-5,7H2,1-2H3,(H,21,22). The number of hydrogen-bond acceptors (Lipinski definition) is 4. The zero-order chi connectivity index (χ0) is 16.8. The molecule has 0 amide bonds. The molecule has 2 rings (SSSR count).